The van der Waals surface area contributed by atoms with E-state index in [-0.39, 0.29) is 24.4 Å². The van der Waals surface area contributed by atoms with E-state index in [1.54, 1.807) is 54.7 Å². The predicted octanol–water partition coefficient (Wildman–Crippen LogP) is 5.76. The van der Waals surface area contributed by atoms with Gasteiger partial charge in [-0.25, -0.2) is 8.60 Å². The minimum atomic E-state index is -2.56. The molecule has 0 saturated heterocycles. The quantitative estimate of drug-likeness (QED) is 0.316. The highest BCUT2D eigenvalue weighted by Crippen LogP contribution is 2.35. The first kappa shape index (κ1) is 24.7. The van der Waals surface area contributed by atoms with Crippen LogP contribution in [0.5, 0.6) is 11.5 Å². The number of amides is 1. The number of Topliss-reactive ketones (excluding diaryl/α,β-unsaturated/α-hetero) is 1. The fourth-order valence-electron chi connectivity index (χ4n) is 3.49. The summed E-state index contributed by atoms with van der Waals surface area (Å²) in [5.74, 6) is 0.0688. The van der Waals surface area contributed by atoms with Gasteiger partial charge in [-0.15, -0.1) is 11.3 Å². The van der Waals surface area contributed by atoms with Gasteiger partial charge in [0.05, 0.1) is 15.1 Å². The number of fused-ring (bicyclic) bond motifs is 1. The number of hydrogen-bond donors (Lipinski definition) is 0. The van der Waals surface area contributed by atoms with Gasteiger partial charge in [0.15, 0.2) is 0 Å². The Morgan fingerprint density at radius 2 is 1.80 bits per heavy atom. The zero-order valence-corrected chi connectivity index (χ0v) is 21.0. The minimum absolute atomic E-state index is 0.0392. The molecule has 35 heavy (non-hydrogen) atoms. The van der Waals surface area contributed by atoms with Crippen LogP contribution in [0.1, 0.15) is 26.4 Å². The van der Waals surface area contributed by atoms with Gasteiger partial charge >= 0.3 is 0 Å². The molecule has 0 N–H and O–H groups in total. The van der Waals surface area contributed by atoms with Gasteiger partial charge in [0.2, 0.25) is 0 Å². The number of benzene rings is 2. The van der Waals surface area contributed by atoms with E-state index in [2.05, 4.69) is 9.35 Å². The molecule has 4 aromatic rings. The number of aromatic nitrogens is 1. The van der Waals surface area contributed by atoms with E-state index in [0.717, 1.165) is 11.1 Å². The van der Waals surface area contributed by atoms with Crippen molar-refractivity contribution in [3.8, 4) is 11.5 Å². The summed E-state index contributed by atoms with van der Waals surface area (Å²) in [6.07, 6.45) is 4.62. The zero-order chi connectivity index (χ0) is 25.2. The van der Waals surface area contributed by atoms with E-state index in [1.807, 2.05) is 6.92 Å². The van der Waals surface area contributed by atoms with Crippen molar-refractivity contribution in [2.24, 2.45) is 4.36 Å². The molecule has 0 aliphatic rings. The summed E-state index contributed by atoms with van der Waals surface area (Å²) in [6, 6.07) is 15.1. The summed E-state index contributed by atoms with van der Waals surface area (Å²) >= 11 is 1.17. The maximum atomic E-state index is 13.9. The van der Waals surface area contributed by atoms with Crippen LogP contribution in [-0.4, -0.2) is 33.4 Å². The summed E-state index contributed by atoms with van der Waals surface area (Å²) in [6.45, 7) is 1.86. The third-order valence-electron chi connectivity index (χ3n) is 5.03. The summed E-state index contributed by atoms with van der Waals surface area (Å²) in [5.41, 5.74) is 2.69. The van der Waals surface area contributed by atoms with Crippen molar-refractivity contribution in [2.75, 3.05) is 12.5 Å². The molecule has 0 saturated carbocycles. The van der Waals surface area contributed by atoms with Gasteiger partial charge in [-0.05, 0) is 42.3 Å². The lowest BCUT2D eigenvalue weighted by Crippen LogP contribution is -2.08. The van der Waals surface area contributed by atoms with Gasteiger partial charge in [-0.1, -0.05) is 29.8 Å². The Kier molecular flexibility index (Phi) is 7.09. The predicted molar refractivity (Wildman–Crippen MR) is 136 cm³/mol. The first-order valence-electron chi connectivity index (χ1n) is 10.7. The van der Waals surface area contributed by atoms with Gasteiger partial charge in [0.1, 0.15) is 23.1 Å². The van der Waals surface area contributed by atoms with Gasteiger partial charge in [0, 0.05) is 47.3 Å². The maximum Gasteiger partial charge on any atom is 0.295 e. The van der Waals surface area contributed by atoms with E-state index in [1.165, 1.54) is 29.9 Å². The number of carbonyl (C=O) groups excluding carboxylic acids is 2. The fraction of sp³-hybridized carbons (Fsp3) is 0.192. The van der Waals surface area contributed by atoms with Crippen molar-refractivity contribution in [3.05, 3.63) is 88.2 Å². The number of rotatable bonds is 7. The summed E-state index contributed by atoms with van der Waals surface area (Å²) in [4.78, 5) is 29.4. The van der Waals surface area contributed by atoms with Gasteiger partial charge in [-0.3, -0.25) is 14.6 Å². The largest absolute Gasteiger partial charge is 0.456 e. The maximum absolute atomic E-state index is 13.9. The molecule has 0 bridgehead atoms. The molecular formula is C26H23FN2O4S2. The highest BCUT2D eigenvalue weighted by molar-refractivity contribution is 7.92. The molecule has 0 atom stereocenters. The van der Waals surface area contributed by atoms with Crippen LogP contribution >= 0.6 is 11.3 Å². The van der Waals surface area contributed by atoms with Crippen LogP contribution in [-0.2, 0) is 27.4 Å². The van der Waals surface area contributed by atoms with E-state index in [0.29, 0.717) is 32.2 Å². The van der Waals surface area contributed by atoms with Crippen LogP contribution in [0.15, 0.2) is 65.2 Å². The lowest BCUT2D eigenvalue weighted by molar-refractivity contribution is -0.117. The number of nitrogens with zero attached hydrogens (tertiary/aromatic N) is 2. The molecule has 0 spiro atoms. The molecule has 0 fully saturated rings. The lowest BCUT2D eigenvalue weighted by Gasteiger charge is -2.08. The number of ketones is 1. The minimum Gasteiger partial charge on any atom is -0.456 e. The molecule has 2 aromatic carbocycles. The van der Waals surface area contributed by atoms with Crippen LogP contribution in [0.3, 0.4) is 0 Å². The SMILES string of the molecule is Cc1ccc(F)c(CC(=O)Cc2ccc(Oc3ccnc4cc(C(=O)N=S(C)(C)=O)sc34)cc2)c1. The number of pyridine rings is 1. The molecule has 2 aromatic heterocycles. The molecule has 2 heterocycles. The Bertz CT molecular complexity index is 1540. The number of ether oxygens (including phenoxy) is 1. The molecule has 1 amide bonds. The number of hydrogen-bond acceptors (Lipinski definition) is 6. The van der Waals surface area contributed by atoms with Crippen molar-refractivity contribution >= 4 is 43.0 Å². The normalized spacial score (nSPS) is 11.4. The highest BCUT2D eigenvalue weighted by Gasteiger charge is 2.15. The van der Waals surface area contributed by atoms with Crippen molar-refractivity contribution in [1.29, 1.82) is 0 Å². The van der Waals surface area contributed by atoms with Crippen molar-refractivity contribution < 1.29 is 22.9 Å². The molecular weight excluding hydrogens is 487 g/mol. The highest BCUT2D eigenvalue weighted by atomic mass is 32.2. The molecule has 0 radical (unpaired) electrons. The Balaban J connectivity index is 1.47. The van der Waals surface area contributed by atoms with E-state index in [9.17, 15) is 18.2 Å². The fourth-order valence-corrected chi connectivity index (χ4v) is 4.99. The topological polar surface area (TPSA) is 85.7 Å². The average Bonchev–Trinajstić information content (AvgIpc) is 3.22. The van der Waals surface area contributed by atoms with E-state index >= 15 is 0 Å². The molecule has 6 nitrogen and oxygen atoms in total. The Morgan fingerprint density at radius 1 is 1.06 bits per heavy atom. The van der Waals surface area contributed by atoms with Crippen molar-refractivity contribution in [1.82, 2.24) is 4.98 Å². The molecule has 0 aliphatic heterocycles. The van der Waals surface area contributed by atoms with Crippen molar-refractivity contribution in [2.45, 2.75) is 19.8 Å². The standard InChI is InChI=1S/C26H23FN2O4S2/c1-16-4-9-21(27)18(12-16)14-19(30)13-17-5-7-20(8-6-17)33-23-10-11-28-22-15-24(34-25(22)23)26(31)29-35(2,3)32/h4-12,15H,13-14H2,1-3H3. The molecule has 0 aliphatic carbocycles. The first-order chi connectivity index (χ1) is 16.6. The zero-order valence-electron chi connectivity index (χ0n) is 19.4. The smallest absolute Gasteiger partial charge is 0.295 e. The second-order valence-corrected chi connectivity index (χ2v) is 12.0. The Labute approximate surface area is 207 Å². The van der Waals surface area contributed by atoms with Crippen LogP contribution in [0.4, 0.5) is 4.39 Å². The molecule has 9 heteroatoms. The second-order valence-electron chi connectivity index (χ2n) is 8.44. The monoisotopic (exact) mass is 510 g/mol. The third kappa shape index (κ3) is 6.37. The number of thiophene rings is 1. The van der Waals surface area contributed by atoms with E-state index < -0.39 is 15.6 Å². The van der Waals surface area contributed by atoms with E-state index in [4.69, 9.17) is 4.74 Å². The third-order valence-corrected chi connectivity index (χ3v) is 6.76. The van der Waals surface area contributed by atoms with Crippen LogP contribution in [0, 0.1) is 12.7 Å². The van der Waals surface area contributed by atoms with Gasteiger partial charge in [-0.2, -0.15) is 4.36 Å². The van der Waals surface area contributed by atoms with Crippen LogP contribution in [0.25, 0.3) is 10.2 Å². The second kappa shape index (κ2) is 10.1. The molecule has 4 rings (SSSR count). The molecule has 180 valence electrons. The first-order valence-corrected chi connectivity index (χ1v) is 13.9. The Hall–Kier alpha value is -3.43. The van der Waals surface area contributed by atoms with Crippen molar-refractivity contribution in [3.63, 3.8) is 0 Å². The summed E-state index contributed by atoms with van der Waals surface area (Å²) < 4.78 is 36.2. The van der Waals surface area contributed by atoms with Crippen LogP contribution in [0.2, 0.25) is 0 Å². The lowest BCUT2D eigenvalue weighted by atomic mass is 10.0. The number of aryl methyl sites for hydroxylation is 1. The number of halogens is 1. The number of carbonyl (C=O) groups is 2. The van der Waals surface area contributed by atoms with Gasteiger partial charge in [0.25, 0.3) is 5.91 Å². The molecule has 0 unspecified atom stereocenters. The Morgan fingerprint density at radius 3 is 2.51 bits per heavy atom. The van der Waals surface area contributed by atoms with Gasteiger partial charge < -0.3 is 4.74 Å². The van der Waals surface area contributed by atoms with Crippen LogP contribution < -0.4 is 4.74 Å². The summed E-state index contributed by atoms with van der Waals surface area (Å²) in [5, 5.41) is 0. The summed E-state index contributed by atoms with van der Waals surface area (Å²) in [7, 11) is -2.56. The average molecular weight is 511 g/mol.